The molecule has 0 amide bonds. The Balaban J connectivity index is 2.06. The van der Waals surface area contributed by atoms with Gasteiger partial charge in [0, 0.05) is 23.0 Å². The van der Waals surface area contributed by atoms with Gasteiger partial charge in [-0.25, -0.2) is 0 Å². The first-order valence-electron chi connectivity index (χ1n) is 6.00. The van der Waals surface area contributed by atoms with E-state index in [1.54, 1.807) is 18.3 Å². The fourth-order valence-corrected chi connectivity index (χ4v) is 2.33. The van der Waals surface area contributed by atoms with Crippen LogP contribution < -0.4 is 11.1 Å². The Bertz CT molecular complexity index is 787. The number of halogens is 2. The molecule has 0 atom stereocenters. The molecule has 0 spiro atoms. The van der Waals surface area contributed by atoms with Gasteiger partial charge in [-0.15, -0.1) is 0 Å². The van der Waals surface area contributed by atoms with Crippen molar-refractivity contribution >= 4 is 51.2 Å². The second-order valence-electron chi connectivity index (χ2n) is 4.36. The molecule has 5 heteroatoms. The van der Waals surface area contributed by atoms with Crippen molar-refractivity contribution in [2.24, 2.45) is 0 Å². The van der Waals surface area contributed by atoms with Gasteiger partial charge in [-0.05, 0) is 42.5 Å². The zero-order chi connectivity index (χ0) is 14.1. The number of anilines is 3. The molecule has 0 unspecified atom stereocenters. The lowest BCUT2D eigenvalue weighted by molar-refractivity contribution is 1.41. The van der Waals surface area contributed by atoms with Crippen LogP contribution in [0.3, 0.4) is 0 Å². The molecule has 0 saturated heterocycles. The average Bonchev–Trinajstić information content (AvgIpc) is 2.46. The monoisotopic (exact) mass is 303 g/mol. The van der Waals surface area contributed by atoms with Crippen LogP contribution in [-0.2, 0) is 0 Å². The molecule has 0 aliphatic heterocycles. The molecule has 2 aromatic carbocycles. The van der Waals surface area contributed by atoms with Crippen LogP contribution >= 0.6 is 23.2 Å². The first kappa shape index (κ1) is 13.0. The number of fused-ring (bicyclic) bond motifs is 1. The van der Waals surface area contributed by atoms with Gasteiger partial charge in [-0.2, -0.15) is 0 Å². The molecule has 3 N–H and O–H groups in total. The Morgan fingerprint density at radius 3 is 2.65 bits per heavy atom. The molecule has 20 heavy (non-hydrogen) atoms. The summed E-state index contributed by atoms with van der Waals surface area (Å²) in [5, 5.41) is 5.30. The van der Waals surface area contributed by atoms with E-state index in [9.17, 15) is 0 Å². The third-order valence-corrected chi connectivity index (χ3v) is 3.74. The second kappa shape index (κ2) is 5.19. The van der Waals surface area contributed by atoms with E-state index in [4.69, 9.17) is 28.9 Å². The highest BCUT2D eigenvalue weighted by Gasteiger charge is 2.06. The Labute approximate surface area is 126 Å². The lowest BCUT2D eigenvalue weighted by Gasteiger charge is -2.11. The summed E-state index contributed by atoms with van der Waals surface area (Å²) in [6.07, 6.45) is 1.72. The highest BCUT2D eigenvalue weighted by Crippen LogP contribution is 2.31. The largest absolute Gasteiger partial charge is 0.397 e. The van der Waals surface area contributed by atoms with Crippen LogP contribution in [0.2, 0.25) is 10.0 Å². The van der Waals surface area contributed by atoms with Gasteiger partial charge >= 0.3 is 0 Å². The van der Waals surface area contributed by atoms with E-state index < -0.39 is 0 Å². The molecule has 0 aliphatic rings. The number of aromatic nitrogens is 1. The van der Waals surface area contributed by atoms with Crippen molar-refractivity contribution in [3.63, 3.8) is 0 Å². The van der Waals surface area contributed by atoms with Gasteiger partial charge in [0.25, 0.3) is 0 Å². The Morgan fingerprint density at radius 2 is 1.85 bits per heavy atom. The molecule has 3 aromatic rings. The van der Waals surface area contributed by atoms with Crippen molar-refractivity contribution in [2.75, 3.05) is 11.1 Å². The van der Waals surface area contributed by atoms with Gasteiger partial charge in [-0.1, -0.05) is 23.2 Å². The van der Waals surface area contributed by atoms with Crippen LogP contribution in [0, 0.1) is 0 Å². The second-order valence-corrected chi connectivity index (χ2v) is 5.17. The van der Waals surface area contributed by atoms with Crippen molar-refractivity contribution in [1.29, 1.82) is 0 Å². The van der Waals surface area contributed by atoms with Gasteiger partial charge < -0.3 is 11.1 Å². The van der Waals surface area contributed by atoms with Gasteiger partial charge in [-0.3, -0.25) is 4.98 Å². The molecular formula is C15H11Cl2N3. The molecule has 3 rings (SSSR count). The fourth-order valence-electron chi connectivity index (χ4n) is 2.03. The molecular weight excluding hydrogens is 293 g/mol. The van der Waals surface area contributed by atoms with E-state index >= 15 is 0 Å². The normalized spacial score (nSPS) is 10.7. The van der Waals surface area contributed by atoms with Gasteiger partial charge in [0.2, 0.25) is 0 Å². The number of nitrogen functional groups attached to an aromatic ring is 1. The number of pyridine rings is 1. The lowest BCUT2D eigenvalue weighted by Crippen LogP contribution is -1.95. The summed E-state index contributed by atoms with van der Waals surface area (Å²) in [7, 11) is 0. The molecule has 3 nitrogen and oxygen atoms in total. The van der Waals surface area contributed by atoms with Crippen molar-refractivity contribution in [1.82, 2.24) is 4.98 Å². The highest BCUT2D eigenvalue weighted by atomic mass is 35.5. The van der Waals surface area contributed by atoms with E-state index in [1.807, 2.05) is 30.3 Å². The van der Waals surface area contributed by atoms with Crippen LogP contribution in [0.1, 0.15) is 0 Å². The molecule has 0 saturated carbocycles. The maximum atomic E-state index is 6.02. The Hall–Kier alpha value is -1.97. The topological polar surface area (TPSA) is 50.9 Å². The smallest absolute Gasteiger partial charge is 0.0951 e. The van der Waals surface area contributed by atoms with Gasteiger partial charge in [0.15, 0.2) is 0 Å². The maximum Gasteiger partial charge on any atom is 0.0951 e. The number of nitrogens with one attached hydrogen (secondary N) is 1. The first-order chi connectivity index (χ1) is 9.65. The minimum Gasteiger partial charge on any atom is -0.397 e. The van der Waals surface area contributed by atoms with E-state index in [1.165, 1.54) is 0 Å². The van der Waals surface area contributed by atoms with Crippen LogP contribution in [0.25, 0.3) is 10.9 Å². The quantitative estimate of drug-likeness (QED) is 0.664. The molecule has 0 radical (unpaired) electrons. The van der Waals surface area contributed by atoms with Gasteiger partial charge in [0.1, 0.15) is 0 Å². The van der Waals surface area contributed by atoms with E-state index in [-0.39, 0.29) is 0 Å². The lowest BCUT2D eigenvalue weighted by atomic mass is 10.1. The van der Waals surface area contributed by atoms with Crippen LogP contribution in [0.4, 0.5) is 17.1 Å². The standard InChI is InChI=1S/C15H11Cl2N3/c16-11-4-3-9(8-12(11)17)20-14-6-5-13(18)15-10(14)2-1-7-19-15/h1-8,20H,18H2. The van der Waals surface area contributed by atoms with Crippen molar-refractivity contribution in [3.8, 4) is 0 Å². The van der Waals surface area contributed by atoms with Crippen LogP contribution in [0.15, 0.2) is 48.7 Å². The molecule has 1 heterocycles. The van der Waals surface area contributed by atoms with E-state index in [0.29, 0.717) is 15.7 Å². The SMILES string of the molecule is Nc1ccc(Nc2ccc(Cl)c(Cl)c2)c2cccnc12. The first-order valence-corrected chi connectivity index (χ1v) is 6.76. The number of hydrogen-bond donors (Lipinski definition) is 2. The Morgan fingerprint density at radius 1 is 1.00 bits per heavy atom. The minimum atomic E-state index is 0.509. The van der Waals surface area contributed by atoms with Crippen molar-refractivity contribution in [2.45, 2.75) is 0 Å². The average molecular weight is 304 g/mol. The third-order valence-electron chi connectivity index (χ3n) is 3.00. The predicted molar refractivity (Wildman–Crippen MR) is 85.9 cm³/mol. The van der Waals surface area contributed by atoms with Crippen LogP contribution in [0.5, 0.6) is 0 Å². The highest BCUT2D eigenvalue weighted by molar-refractivity contribution is 6.42. The van der Waals surface area contributed by atoms with Crippen molar-refractivity contribution in [3.05, 3.63) is 58.7 Å². The maximum absolute atomic E-state index is 6.02. The zero-order valence-corrected chi connectivity index (χ0v) is 11.9. The fraction of sp³-hybridized carbons (Fsp3) is 0. The summed E-state index contributed by atoms with van der Waals surface area (Å²) in [6, 6.07) is 13.0. The Kier molecular flexibility index (Phi) is 3.38. The molecule has 100 valence electrons. The summed E-state index contributed by atoms with van der Waals surface area (Å²) in [5.41, 5.74) is 9.14. The third kappa shape index (κ3) is 2.38. The summed E-state index contributed by atoms with van der Waals surface area (Å²) in [4.78, 5) is 4.30. The van der Waals surface area contributed by atoms with Crippen molar-refractivity contribution < 1.29 is 0 Å². The predicted octanol–water partition coefficient (Wildman–Crippen LogP) is 4.87. The van der Waals surface area contributed by atoms with E-state index in [0.717, 1.165) is 22.3 Å². The minimum absolute atomic E-state index is 0.509. The summed E-state index contributed by atoms with van der Waals surface area (Å²) in [6.45, 7) is 0. The van der Waals surface area contributed by atoms with Crippen LogP contribution in [-0.4, -0.2) is 4.98 Å². The summed E-state index contributed by atoms with van der Waals surface area (Å²) >= 11 is 11.9. The molecule has 0 bridgehead atoms. The number of hydrogen-bond acceptors (Lipinski definition) is 3. The molecule has 0 fully saturated rings. The number of nitrogens with zero attached hydrogens (tertiary/aromatic N) is 1. The van der Waals surface area contributed by atoms with E-state index in [2.05, 4.69) is 10.3 Å². The summed E-state index contributed by atoms with van der Waals surface area (Å²) < 4.78 is 0. The molecule has 1 aromatic heterocycles. The summed E-state index contributed by atoms with van der Waals surface area (Å²) in [5.74, 6) is 0. The van der Waals surface area contributed by atoms with Gasteiger partial charge in [0.05, 0.1) is 21.2 Å². The zero-order valence-electron chi connectivity index (χ0n) is 10.4. The number of benzene rings is 2. The molecule has 0 aliphatic carbocycles. The number of rotatable bonds is 2. The number of nitrogens with two attached hydrogens (primary N) is 1.